The second-order valence-corrected chi connectivity index (χ2v) is 8.33. The summed E-state index contributed by atoms with van der Waals surface area (Å²) in [5.74, 6) is -4.18. The van der Waals surface area contributed by atoms with Crippen LogP contribution < -0.4 is 0 Å². The molecule has 1 aromatic rings. The number of hydrogen-bond donors (Lipinski definition) is 0. The second kappa shape index (κ2) is 14.1. The zero-order valence-corrected chi connectivity index (χ0v) is 22.1. The van der Waals surface area contributed by atoms with Gasteiger partial charge in [0, 0.05) is 27.7 Å². The van der Waals surface area contributed by atoms with Gasteiger partial charge in [-0.15, -0.1) is 0 Å². The largest absolute Gasteiger partial charge is 0.463 e. The van der Waals surface area contributed by atoms with Crippen molar-refractivity contribution in [3.63, 3.8) is 0 Å². The zero-order chi connectivity index (χ0) is 28.4. The maximum Gasteiger partial charge on any atom is 0.373 e. The lowest BCUT2D eigenvalue weighted by molar-refractivity contribution is -0.299. The molecule has 1 saturated heterocycles. The maximum absolute atomic E-state index is 12.8. The molecular formula is C26H32O12. The van der Waals surface area contributed by atoms with E-state index < -0.39 is 67.2 Å². The highest BCUT2D eigenvalue weighted by Gasteiger charge is 2.53. The molecule has 2 rings (SSSR count). The molecule has 1 fully saturated rings. The van der Waals surface area contributed by atoms with E-state index in [1.54, 1.807) is 25.1 Å². The molecule has 0 N–H and O–H groups in total. The van der Waals surface area contributed by atoms with E-state index in [-0.39, 0.29) is 12.4 Å². The summed E-state index contributed by atoms with van der Waals surface area (Å²) in [4.78, 5) is 60.2. The molecule has 1 aliphatic heterocycles. The molecular weight excluding hydrogens is 504 g/mol. The zero-order valence-electron chi connectivity index (χ0n) is 22.1. The molecule has 12 heteroatoms. The Hall–Kier alpha value is -3.93. The van der Waals surface area contributed by atoms with Crippen LogP contribution in [0.3, 0.4) is 0 Å². The van der Waals surface area contributed by atoms with E-state index in [4.69, 9.17) is 33.2 Å². The van der Waals surface area contributed by atoms with Gasteiger partial charge in [-0.05, 0) is 25.5 Å². The van der Waals surface area contributed by atoms with E-state index in [1.807, 2.05) is 13.0 Å². The first-order valence-electron chi connectivity index (χ1n) is 11.8. The lowest BCUT2D eigenvalue weighted by Gasteiger charge is -2.43. The van der Waals surface area contributed by atoms with Crippen LogP contribution in [0.1, 0.15) is 45.7 Å². The molecule has 5 atom stereocenters. The van der Waals surface area contributed by atoms with Gasteiger partial charge in [-0.3, -0.25) is 19.2 Å². The minimum absolute atomic E-state index is 0.0337. The van der Waals surface area contributed by atoms with Crippen molar-refractivity contribution < 1.29 is 57.1 Å². The van der Waals surface area contributed by atoms with Gasteiger partial charge in [-0.25, -0.2) is 4.79 Å². The van der Waals surface area contributed by atoms with Gasteiger partial charge in [-0.1, -0.05) is 29.8 Å². The van der Waals surface area contributed by atoms with Crippen molar-refractivity contribution in [1.82, 2.24) is 0 Å². The van der Waals surface area contributed by atoms with Crippen LogP contribution in [-0.2, 0) is 57.1 Å². The van der Waals surface area contributed by atoms with Crippen LogP contribution in [-0.4, -0.2) is 73.8 Å². The predicted molar refractivity (Wildman–Crippen MR) is 129 cm³/mol. The quantitative estimate of drug-likeness (QED) is 0.186. The Morgan fingerprint density at radius 3 is 1.97 bits per heavy atom. The van der Waals surface area contributed by atoms with E-state index in [1.165, 1.54) is 6.08 Å². The van der Waals surface area contributed by atoms with Crippen LogP contribution in [0.5, 0.6) is 0 Å². The average Bonchev–Trinajstić information content (AvgIpc) is 2.80. The van der Waals surface area contributed by atoms with Gasteiger partial charge in [0.15, 0.2) is 12.2 Å². The number of ether oxygens (including phenoxy) is 7. The molecule has 0 unspecified atom stereocenters. The summed E-state index contributed by atoms with van der Waals surface area (Å²) in [7, 11) is 0. The van der Waals surface area contributed by atoms with Crippen molar-refractivity contribution in [1.29, 1.82) is 0 Å². The smallest absolute Gasteiger partial charge is 0.373 e. The molecule has 0 amide bonds. The third-order valence-electron chi connectivity index (χ3n) is 5.01. The number of carbonyl (C=O) groups excluding carboxylic acids is 5. The van der Waals surface area contributed by atoms with Gasteiger partial charge >= 0.3 is 29.8 Å². The van der Waals surface area contributed by atoms with Gasteiger partial charge in [0.2, 0.25) is 18.2 Å². The molecule has 1 heterocycles. The number of rotatable bonds is 10. The summed E-state index contributed by atoms with van der Waals surface area (Å²) in [6.07, 6.45) is -5.69. The van der Waals surface area contributed by atoms with E-state index >= 15 is 0 Å². The summed E-state index contributed by atoms with van der Waals surface area (Å²) < 4.78 is 38.0. The Morgan fingerprint density at radius 1 is 0.816 bits per heavy atom. The highest BCUT2D eigenvalue weighted by atomic mass is 16.7. The number of aryl methyl sites for hydroxylation is 1. The van der Waals surface area contributed by atoms with Gasteiger partial charge < -0.3 is 33.2 Å². The topological polar surface area (TPSA) is 150 Å². The molecule has 0 saturated carbocycles. The number of esters is 5. The Bertz CT molecular complexity index is 1060. The van der Waals surface area contributed by atoms with Gasteiger partial charge in [-0.2, -0.15) is 0 Å². The van der Waals surface area contributed by atoms with Gasteiger partial charge in [0.05, 0.1) is 6.61 Å². The number of benzene rings is 1. The molecule has 0 aromatic heterocycles. The molecule has 0 radical (unpaired) electrons. The van der Waals surface area contributed by atoms with Crippen molar-refractivity contribution in [3.05, 3.63) is 41.2 Å². The van der Waals surface area contributed by atoms with Gasteiger partial charge in [0.25, 0.3) is 0 Å². The molecule has 0 spiro atoms. The van der Waals surface area contributed by atoms with Crippen molar-refractivity contribution in [2.24, 2.45) is 0 Å². The molecule has 12 nitrogen and oxygen atoms in total. The van der Waals surface area contributed by atoms with Crippen LogP contribution in [0.2, 0.25) is 0 Å². The minimum atomic E-state index is -1.57. The van der Waals surface area contributed by atoms with Crippen LogP contribution in [0.25, 0.3) is 6.08 Å². The normalized spacial score (nSPS) is 23.0. The molecule has 0 bridgehead atoms. The van der Waals surface area contributed by atoms with Crippen LogP contribution in [0.15, 0.2) is 30.0 Å². The molecule has 0 aliphatic carbocycles. The summed E-state index contributed by atoms with van der Waals surface area (Å²) in [5, 5.41) is 0. The Kier molecular flexibility index (Phi) is 11.3. The summed E-state index contributed by atoms with van der Waals surface area (Å²) in [6, 6.07) is 7.15. The first kappa shape index (κ1) is 30.3. The van der Waals surface area contributed by atoms with Gasteiger partial charge in [0.1, 0.15) is 12.7 Å². The third kappa shape index (κ3) is 9.18. The molecule has 208 valence electrons. The highest BCUT2D eigenvalue weighted by molar-refractivity contribution is 5.91. The summed E-state index contributed by atoms with van der Waals surface area (Å²) >= 11 is 0. The van der Waals surface area contributed by atoms with E-state index in [0.29, 0.717) is 5.56 Å². The van der Waals surface area contributed by atoms with Crippen molar-refractivity contribution in [2.45, 2.75) is 72.2 Å². The third-order valence-corrected chi connectivity index (χ3v) is 5.01. The fourth-order valence-electron chi connectivity index (χ4n) is 3.66. The molecule has 1 aliphatic rings. The Balaban J connectivity index is 2.58. The number of hydrogen-bond acceptors (Lipinski definition) is 12. The van der Waals surface area contributed by atoms with Crippen LogP contribution in [0, 0.1) is 6.92 Å². The highest BCUT2D eigenvalue weighted by Crippen LogP contribution is 2.31. The SMILES string of the molecule is CCOC(=O)C(=Cc1cccc(C)c1)O[C@H]1O[C@@H](COC(C)=O)[C@@H](OC(C)=O)[C@@H](OC(C)=O)[C@@H]1OC(C)=O. The Morgan fingerprint density at radius 2 is 1.42 bits per heavy atom. The lowest BCUT2D eigenvalue weighted by atomic mass is 9.98. The predicted octanol–water partition coefficient (Wildman–Crippen LogP) is 2.00. The maximum atomic E-state index is 12.8. The van der Waals surface area contributed by atoms with Crippen molar-refractivity contribution in [2.75, 3.05) is 13.2 Å². The summed E-state index contributed by atoms with van der Waals surface area (Å²) in [5.41, 5.74) is 1.51. The number of carbonyl (C=O) groups is 5. The first-order chi connectivity index (χ1) is 17.9. The molecule has 38 heavy (non-hydrogen) atoms. The summed E-state index contributed by atoms with van der Waals surface area (Å²) in [6.45, 7) is 7.54. The lowest BCUT2D eigenvalue weighted by Crippen LogP contribution is -2.63. The standard InChI is InChI=1S/C26H32O12/c1-7-32-25(31)20(12-19-10-8-9-14(2)11-19)37-26-24(36-18(6)30)23(35-17(5)29)22(34-16(4)28)21(38-26)13-33-15(3)27/h8-12,21-24,26H,7,13H2,1-6H3/t21-,22+,23+,24-,26-/m0/s1. The monoisotopic (exact) mass is 536 g/mol. The van der Waals surface area contributed by atoms with E-state index in [9.17, 15) is 24.0 Å². The minimum Gasteiger partial charge on any atom is -0.463 e. The molecule has 1 aromatic carbocycles. The fourth-order valence-corrected chi connectivity index (χ4v) is 3.66. The average molecular weight is 537 g/mol. The van der Waals surface area contributed by atoms with Crippen molar-refractivity contribution >= 4 is 35.9 Å². The van der Waals surface area contributed by atoms with Crippen molar-refractivity contribution in [3.8, 4) is 0 Å². The Labute approximate surface area is 220 Å². The van der Waals surface area contributed by atoms with E-state index in [2.05, 4.69) is 0 Å². The van der Waals surface area contributed by atoms with Crippen LogP contribution >= 0.6 is 0 Å². The first-order valence-corrected chi connectivity index (χ1v) is 11.8. The fraction of sp³-hybridized carbons (Fsp3) is 0.500. The van der Waals surface area contributed by atoms with Crippen LogP contribution in [0.4, 0.5) is 0 Å². The van der Waals surface area contributed by atoms with E-state index in [0.717, 1.165) is 33.3 Å². The second-order valence-electron chi connectivity index (χ2n) is 8.33.